The third-order valence-electron chi connectivity index (χ3n) is 3.58. The second kappa shape index (κ2) is 6.88. The van der Waals surface area contributed by atoms with E-state index < -0.39 is 0 Å². The molecule has 1 N–H and O–H groups in total. The predicted octanol–water partition coefficient (Wildman–Crippen LogP) is 5.52. The maximum atomic E-state index is 3.71. The van der Waals surface area contributed by atoms with E-state index >= 15 is 0 Å². The zero-order chi connectivity index (χ0) is 14.7. The molecule has 2 rings (SSSR count). The van der Waals surface area contributed by atoms with Gasteiger partial charge in [0.1, 0.15) is 0 Å². The SMILES string of the molecule is CCCNC(c1cscc1Br)c1c(C)cc(C)cc1C. The first-order chi connectivity index (χ1) is 9.54. The topological polar surface area (TPSA) is 12.0 Å². The van der Waals surface area contributed by atoms with Crippen LogP contribution in [0, 0.1) is 20.8 Å². The van der Waals surface area contributed by atoms with Crippen molar-refractivity contribution in [1.29, 1.82) is 0 Å². The van der Waals surface area contributed by atoms with Gasteiger partial charge in [-0.15, -0.1) is 0 Å². The van der Waals surface area contributed by atoms with Crippen LogP contribution in [-0.2, 0) is 0 Å². The second-order valence-electron chi connectivity index (χ2n) is 5.37. The van der Waals surface area contributed by atoms with Crippen molar-refractivity contribution in [2.24, 2.45) is 0 Å². The third kappa shape index (κ3) is 3.33. The molecule has 1 aromatic heterocycles. The van der Waals surface area contributed by atoms with E-state index in [2.05, 4.69) is 71.8 Å². The fourth-order valence-electron chi connectivity index (χ4n) is 2.80. The minimum atomic E-state index is 0.274. The van der Waals surface area contributed by atoms with Crippen LogP contribution < -0.4 is 5.32 Å². The highest BCUT2D eigenvalue weighted by Crippen LogP contribution is 2.35. The summed E-state index contributed by atoms with van der Waals surface area (Å²) in [7, 11) is 0. The van der Waals surface area contributed by atoms with Crippen molar-refractivity contribution < 1.29 is 0 Å². The minimum absolute atomic E-state index is 0.274. The summed E-state index contributed by atoms with van der Waals surface area (Å²) in [4.78, 5) is 0. The smallest absolute Gasteiger partial charge is 0.0601 e. The first-order valence-electron chi connectivity index (χ1n) is 7.07. The number of aryl methyl sites for hydroxylation is 3. The van der Waals surface area contributed by atoms with Gasteiger partial charge in [-0.05, 0) is 77.3 Å². The highest BCUT2D eigenvalue weighted by Gasteiger charge is 2.20. The number of hydrogen-bond donors (Lipinski definition) is 1. The Kier molecular flexibility index (Phi) is 5.42. The molecule has 0 saturated carbocycles. The van der Waals surface area contributed by atoms with Crippen LogP contribution in [0.15, 0.2) is 27.4 Å². The Morgan fingerprint density at radius 1 is 1.15 bits per heavy atom. The number of rotatable bonds is 5. The lowest BCUT2D eigenvalue weighted by Crippen LogP contribution is -2.24. The Hall–Kier alpha value is -0.640. The molecule has 20 heavy (non-hydrogen) atoms. The molecule has 2 aromatic rings. The Morgan fingerprint density at radius 2 is 1.80 bits per heavy atom. The molecule has 1 atom stereocenters. The van der Waals surface area contributed by atoms with Crippen molar-refractivity contribution in [2.45, 2.75) is 40.2 Å². The van der Waals surface area contributed by atoms with Gasteiger partial charge in [-0.25, -0.2) is 0 Å². The summed E-state index contributed by atoms with van der Waals surface area (Å²) in [5.41, 5.74) is 6.84. The number of halogens is 1. The van der Waals surface area contributed by atoms with Gasteiger partial charge in [0.2, 0.25) is 0 Å². The van der Waals surface area contributed by atoms with Crippen LogP contribution in [0.2, 0.25) is 0 Å². The Labute approximate surface area is 134 Å². The van der Waals surface area contributed by atoms with Gasteiger partial charge in [-0.3, -0.25) is 0 Å². The predicted molar refractivity (Wildman–Crippen MR) is 92.8 cm³/mol. The van der Waals surface area contributed by atoms with E-state index in [0.717, 1.165) is 13.0 Å². The maximum absolute atomic E-state index is 3.71. The van der Waals surface area contributed by atoms with Crippen molar-refractivity contribution >= 4 is 27.3 Å². The Bertz CT molecular complexity index is 565. The molecular weight excluding hydrogens is 330 g/mol. The molecule has 0 radical (unpaired) electrons. The van der Waals surface area contributed by atoms with Crippen molar-refractivity contribution in [2.75, 3.05) is 6.54 Å². The molecule has 0 aliphatic carbocycles. The van der Waals surface area contributed by atoms with Crippen LogP contribution in [0.25, 0.3) is 0 Å². The highest BCUT2D eigenvalue weighted by molar-refractivity contribution is 9.10. The third-order valence-corrected chi connectivity index (χ3v) is 5.33. The van der Waals surface area contributed by atoms with Crippen molar-refractivity contribution in [3.05, 3.63) is 55.2 Å². The lowest BCUT2D eigenvalue weighted by molar-refractivity contribution is 0.593. The van der Waals surface area contributed by atoms with Crippen molar-refractivity contribution in [3.8, 4) is 0 Å². The first kappa shape index (κ1) is 15.7. The van der Waals surface area contributed by atoms with E-state index in [9.17, 15) is 0 Å². The van der Waals surface area contributed by atoms with Crippen LogP contribution in [0.5, 0.6) is 0 Å². The zero-order valence-corrected chi connectivity index (χ0v) is 15.0. The van der Waals surface area contributed by atoms with E-state index in [1.807, 2.05) is 0 Å². The highest BCUT2D eigenvalue weighted by atomic mass is 79.9. The van der Waals surface area contributed by atoms with Gasteiger partial charge in [-0.1, -0.05) is 24.6 Å². The molecule has 0 aliphatic rings. The summed E-state index contributed by atoms with van der Waals surface area (Å²) in [5.74, 6) is 0. The van der Waals surface area contributed by atoms with Crippen LogP contribution in [-0.4, -0.2) is 6.54 Å². The van der Waals surface area contributed by atoms with Crippen molar-refractivity contribution in [3.63, 3.8) is 0 Å². The van der Waals surface area contributed by atoms with E-state index in [4.69, 9.17) is 0 Å². The lowest BCUT2D eigenvalue weighted by Gasteiger charge is -2.23. The van der Waals surface area contributed by atoms with Gasteiger partial charge >= 0.3 is 0 Å². The molecule has 108 valence electrons. The van der Waals surface area contributed by atoms with Gasteiger partial charge in [0.05, 0.1) is 6.04 Å². The zero-order valence-electron chi connectivity index (χ0n) is 12.6. The number of benzene rings is 1. The molecular formula is C17H22BrNS. The minimum Gasteiger partial charge on any atom is -0.306 e. The van der Waals surface area contributed by atoms with Crippen molar-refractivity contribution in [1.82, 2.24) is 5.32 Å². The van der Waals surface area contributed by atoms with Gasteiger partial charge in [-0.2, -0.15) is 11.3 Å². The monoisotopic (exact) mass is 351 g/mol. The molecule has 0 amide bonds. The fourth-order valence-corrected chi connectivity index (χ4v) is 4.35. The molecule has 0 aliphatic heterocycles. The summed E-state index contributed by atoms with van der Waals surface area (Å²) >= 11 is 5.44. The molecule has 1 heterocycles. The molecule has 0 fully saturated rings. The molecule has 1 nitrogen and oxygen atoms in total. The molecule has 1 aromatic carbocycles. The number of hydrogen-bond acceptors (Lipinski definition) is 2. The van der Waals surface area contributed by atoms with Gasteiger partial charge in [0.25, 0.3) is 0 Å². The van der Waals surface area contributed by atoms with E-state index in [0.29, 0.717) is 0 Å². The number of nitrogens with one attached hydrogen (secondary N) is 1. The molecule has 0 saturated heterocycles. The average Bonchev–Trinajstić information content (AvgIpc) is 2.78. The molecule has 0 bridgehead atoms. The summed E-state index contributed by atoms with van der Waals surface area (Å²) in [6.07, 6.45) is 1.14. The summed E-state index contributed by atoms with van der Waals surface area (Å²) in [6.45, 7) is 9.84. The second-order valence-corrected chi connectivity index (χ2v) is 6.97. The average molecular weight is 352 g/mol. The van der Waals surface area contributed by atoms with E-state index in [1.165, 1.54) is 32.3 Å². The summed E-state index contributed by atoms with van der Waals surface area (Å²) < 4.78 is 1.20. The number of thiophene rings is 1. The first-order valence-corrected chi connectivity index (χ1v) is 8.80. The van der Waals surface area contributed by atoms with Gasteiger partial charge in [0, 0.05) is 9.85 Å². The normalized spacial score (nSPS) is 12.7. The van der Waals surface area contributed by atoms with Crippen LogP contribution >= 0.6 is 27.3 Å². The lowest BCUT2D eigenvalue weighted by atomic mass is 9.91. The standard InChI is InChI=1S/C17H22BrNS/c1-5-6-19-17(14-9-20-10-15(14)18)16-12(3)7-11(2)8-13(16)4/h7-10,17,19H,5-6H2,1-4H3. The van der Waals surface area contributed by atoms with Crippen LogP contribution in [0.1, 0.15) is 47.2 Å². The summed E-state index contributed by atoms with van der Waals surface area (Å²) in [5, 5.41) is 8.11. The maximum Gasteiger partial charge on any atom is 0.0601 e. The van der Waals surface area contributed by atoms with Gasteiger partial charge < -0.3 is 5.32 Å². The Balaban J connectivity index is 2.50. The quantitative estimate of drug-likeness (QED) is 0.747. The largest absolute Gasteiger partial charge is 0.306 e. The molecule has 3 heteroatoms. The Morgan fingerprint density at radius 3 is 2.30 bits per heavy atom. The summed E-state index contributed by atoms with van der Waals surface area (Å²) in [6, 6.07) is 4.84. The van der Waals surface area contributed by atoms with Crippen LogP contribution in [0.3, 0.4) is 0 Å². The van der Waals surface area contributed by atoms with Gasteiger partial charge in [0.15, 0.2) is 0 Å². The molecule has 0 spiro atoms. The fraction of sp³-hybridized carbons (Fsp3) is 0.412. The van der Waals surface area contributed by atoms with E-state index in [-0.39, 0.29) is 6.04 Å². The van der Waals surface area contributed by atoms with Crippen LogP contribution in [0.4, 0.5) is 0 Å². The molecule has 1 unspecified atom stereocenters. The van der Waals surface area contributed by atoms with E-state index in [1.54, 1.807) is 11.3 Å².